The third kappa shape index (κ3) is 2.88. The zero-order valence-electron chi connectivity index (χ0n) is 11.9. The van der Waals surface area contributed by atoms with E-state index in [9.17, 15) is 4.79 Å². The first-order valence-corrected chi connectivity index (χ1v) is 7.31. The molecule has 110 valence electrons. The van der Waals surface area contributed by atoms with Crippen molar-refractivity contribution in [3.63, 3.8) is 0 Å². The Morgan fingerprint density at radius 1 is 1.10 bits per heavy atom. The van der Waals surface area contributed by atoms with Gasteiger partial charge in [0.2, 0.25) is 0 Å². The lowest BCUT2D eigenvalue weighted by Crippen LogP contribution is -2.49. The standard InChI is InChI=1S/C15H17ClN4O/c1-18-14(6-7-17-18)15(21)20-10-8-19(9-11-20)13-4-2-12(16)3-5-13/h2-7H,8-11H2,1H3. The van der Waals surface area contributed by atoms with Crippen molar-refractivity contribution in [3.05, 3.63) is 47.2 Å². The highest BCUT2D eigenvalue weighted by molar-refractivity contribution is 6.30. The van der Waals surface area contributed by atoms with E-state index in [1.807, 2.05) is 29.2 Å². The SMILES string of the molecule is Cn1nccc1C(=O)N1CCN(c2ccc(Cl)cc2)CC1. The summed E-state index contributed by atoms with van der Waals surface area (Å²) in [5.74, 6) is 0.0470. The first-order valence-electron chi connectivity index (χ1n) is 6.93. The average molecular weight is 305 g/mol. The third-order valence-electron chi connectivity index (χ3n) is 3.80. The fraction of sp³-hybridized carbons (Fsp3) is 0.333. The number of piperazine rings is 1. The van der Waals surface area contributed by atoms with Crippen LogP contribution in [0.1, 0.15) is 10.5 Å². The molecule has 21 heavy (non-hydrogen) atoms. The summed E-state index contributed by atoms with van der Waals surface area (Å²) in [5, 5.41) is 4.79. The maximum absolute atomic E-state index is 12.4. The van der Waals surface area contributed by atoms with Crippen LogP contribution in [0.25, 0.3) is 0 Å². The first kappa shape index (κ1) is 13.9. The smallest absolute Gasteiger partial charge is 0.272 e. The molecule has 5 nitrogen and oxygen atoms in total. The van der Waals surface area contributed by atoms with Crippen LogP contribution in [0.2, 0.25) is 5.02 Å². The van der Waals surface area contributed by atoms with Gasteiger partial charge in [-0.1, -0.05) is 11.6 Å². The van der Waals surface area contributed by atoms with E-state index in [0.717, 1.165) is 23.8 Å². The van der Waals surface area contributed by atoms with Gasteiger partial charge in [0.05, 0.1) is 0 Å². The monoisotopic (exact) mass is 304 g/mol. The molecule has 0 atom stereocenters. The number of hydrogen-bond acceptors (Lipinski definition) is 3. The lowest BCUT2D eigenvalue weighted by Gasteiger charge is -2.36. The molecule has 0 radical (unpaired) electrons. The predicted octanol–water partition coefficient (Wildman–Crippen LogP) is 2.04. The van der Waals surface area contributed by atoms with E-state index in [0.29, 0.717) is 18.8 Å². The number of carbonyl (C=O) groups excluding carboxylic acids is 1. The Morgan fingerprint density at radius 3 is 2.33 bits per heavy atom. The highest BCUT2D eigenvalue weighted by Crippen LogP contribution is 2.20. The average Bonchev–Trinajstić information content (AvgIpc) is 2.94. The van der Waals surface area contributed by atoms with Gasteiger partial charge < -0.3 is 9.80 Å². The van der Waals surface area contributed by atoms with Gasteiger partial charge in [-0.25, -0.2) is 0 Å². The summed E-state index contributed by atoms with van der Waals surface area (Å²) < 4.78 is 1.62. The molecule has 0 N–H and O–H groups in total. The van der Waals surface area contributed by atoms with Crippen molar-refractivity contribution in [2.24, 2.45) is 7.05 Å². The van der Waals surface area contributed by atoms with Crippen LogP contribution < -0.4 is 4.90 Å². The van der Waals surface area contributed by atoms with Gasteiger partial charge in [-0.15, -0.1) is 0 Å². The first-order chi connectivity index (χ1) is 10.1. The van der Waals surface area contributed by atoms with Gasteiger partial charge in [-0.05, 0) is 30.3 Å². The van der Waals surface area contributed by atoms with Crippen molar-refractivity contribution in [1.82, 2.24) is 14.7 Å². The number of aromatic nitrogens is 2. The summed E-state index contributed by atoms with van der Waals surface area (Å²) in [6, 6.07) is 9.57. The molecule has 1 aliphatic rings. The Morgan fingerprint density at radius 2 is 1.76 bits per heavy atom. The van der Waals surface area contributed by atoms with E-state index < -0.39 is 0 Å². The molecule has 1 aliphatic heterocycles. The highest BCUT2D eigenvalue weighted by Gasteiger charge is 2.23. The van der Waals surface area contributed by atoms with Crippen molar-refractivity contribution in [2.45, 2.75) is 0 Å². The van der Waals surface area contributed by atoms with Crippen LogP contribution in [-0.2, 0) is 7.05 Å². The summed E-state index contributed by atoms with van der Waals surface area (Å²) in [6.45, 7) is 3.08. The summed E-state index contributed by atoms with van der Waals surface area (Å²) >= 11 is 5.91. The number of benzene rings is 1. The van der Waals surface area contributed by atoms with E-state index in [4.69, 9.17) is 11.6 Å². The van der Waals surface area contributed by atoms with Crippen molar-refractivity contribution >= 4 is 23.2 Å². The van der Waals surface area contributed by atoms with Crippen LogP contribution in [0.4, 0.5) is 5.69 Å². The topological polar surface area (TPSA) is 41.4 Å². The Hall–Kier alpha value is -2.01. The fourth-order valence-electron chi connectivity index (χ4n) is 2.57. The molecule has 1 saturated heterocycles. The molecule has 0 unspecified atom stereocenters. The molecule has 0 bridgehead atoms. The Balaban J connectivity index is 1.64. The number of nitrogens with zero attached hydrogens (tertiary/aromatic N) is 4. The molecule has 2 aromatic rings. The van der Waals surface area contributed by atoms with E-state index in [1.165, 1.54) is 0 Å². The van der Waals surface area contributed by atoms with Gasteiger partial charge >= 0.3 is 0 Å². The summed E-state index contributed by atoms with van der Waals surface area (Å²) in [5.41, 5.74) is 1.78. The molecule has 0 spiro atoms. The minimum atomic E-state index is 0.0470. The van der Waals surface area contributed by atoms with Crippen molar-refractivity contribution in [2.75, 3.05) is 31.1 Å². The van der Waals surface area contributed by atoms with Crippen molar-refractivity contribution in [3.8, 4) is 0 Å². The molecule has 1 aromatic carbocycles. The molecule has 1 amide bonds. The second-order valence-electron chi connectivity index (χ2n) is 5.10. The maximum atomic E-state index is 12.4. The fourth-order valence-corrected chi connectivity index (χ4v) is 2.69. The van der Waals surface area contributed by atoms with Gasteiger partial charge in [0.15, 0.2) is 0 Å². The lowest BCUT2D eigenvalue weighted by atomic mass is 10.2. The molecule has 6 heteroatoms. The minimum absolute atomic E-state index is 0.0470. The highest BCUT2D eigenvalue weighted by atomic mass is 35.5. The Labute approximate surface area is 128 Å². The Kier molecular flexibility index (Phi) is 3.84. The van der Waals surface area contributed by atoms with Gasteiger partial charge in [0.1, 0.15) is 5.69 Å². The number of halogens is 1. The zero-order chi connectivity index (χ0) is 14.8. The number of amides is 1. The van der Waals surface area contributed by atoms with Gasteiger partial charge in [-0.2, -0.15) is 5.10 Å². The second-order valence-corrected chi connectivity index (χ2v) is 5.53. The number of aryl methyl sites for hydroxylation is 1. The predicted molar refractivity (Wildman–Crippen MR) is 82.8 cm³/mol. The minimum Gasteiger partial charge on any atom is -0.368 e. The van der Waals surface area contributed by atoms with Crippen LogP contribution in [0.15, 0.2) is 36.5 Å². The number of rotatable bonds is 2. The summed E-state index contributed by atoms with van der Waals surface area (Å²) in [6.07, 6.45) is 1.65. The molecule has 1 aromatic heterocycles. The maximum Gasteiger partial charge on any atom is 0.272 e. The third-order valence-corrected chi connectivity index (χ3v) is 4.05. The van der Waals surface area contributed by atoms with Crippen LogP contribution in [0.5, 0.6) is 0 Å². The summed E-state index contributed by atoms with van der Waals surface area (Å²) in [7, 11) is 1.79. The largest absolute Gasteiger partial charge is 0.368 e. The van der Waals surface area contributed by atoms with Gasteiger partial charge in [-0.3, -0.25) is 9.48 Å². The van der Waals surface area contributed by atoms with Crippen molar-refractivity contribution in [1.29, 1.82) is 0 Å². The molecular formula is C15H17ClN4O. The molecular weight excluding hydrogens is 288 g/mol. The normalized spacial score (nSPS) is 15.3. The van der Waals surface area contributed by atoms with E-state index in [-0.39, 0.29) is 5.91 Å². The molecule has 0 aliphatic carbocycles. The van der Waals surface area contributed by atoms with Crippen LogP contribution in [-0.4, -0.2) is 46.8 Å². The molecule has 2 heterocycles. The number of hydrogen-bond donors (Lipinski definition) is 0. The van der Waals surface area contributed by atoms with Crippen LogP contribution >= 0.6 is 11.6 Å². The van der Waals surface area contributed by atoms with E-state index in [2.05, 4.69) is 10.00 Å². The van der Waals surface area contributed by atoms with Crippen LogP contribution in [0.3, 0.4) is 0 Å². The molecule has 3 rings (SSSR count). The quantitative estimate of drug-likeness (QED) is 0.852. The lowest BCUT2D eigenvalue weighted by molar-refractivity contribution is 0.0735. The van der Waals surface area contributed by atoms with Crippen LogP contribution in [0, 0.1) is 0 Å². The molecule has 0 saturated carbocycles. The second kappa shape index (κ2) is 5.77. The summed E-state index contributed by atoms with van der Waals surface area (Å²) in [4.78, 5) is 16.5. The molecule has 1 fully saturated rings. The van der Waals surface area contributed by atoms with Gasteiger partial charge in [0.25, 0.3) is 5.91 Å². The zero-order valence-corrected chi connectivity index (χ0v) is 12.6. The van der Waals surface area contributed by atoms with E-state index in [1.54, 1.807) is 24.0 Å². The number of carbonyl (C=O) groups is 1. The number of anilines is 1. The Bertz CT molecular complexity index is 629. The van der Waals surface area contributed by atoms with Gasteiger partial charge in [0, 0.05) is 50.1 Å². The van der Waals surface area contributed by atoms with E-state index >= 15 is 0 Å². The van der Waals surface area contributed by atoms with Crippen molar-refractivity contribution < 1.29 is 4.79 Å².